The number of benzene rings is 2. The molecule has 0 bridgehead atoms. The van der Waals surface area contributed by atoms with Gasteiger partial charge in [-0.1, -0.05) is 48.5 Å². The van der Waals surface area contributed by atoms with Crippen LogP contribution in [-0.2, 0) is 25.4 Å². The Balaban J connectivity index is 1.35. The lowest BCUT2D eigenvalue weighted by Gasteiger charge is -2.05. The lowest BCUT2D eigenvalue weighted by atomic mass is 10.1. The average Bonchev–Trinajstić information content (AvgIpc) is 2.82. The molecule has 0 aliphatic carbocycles. The highest BCUT2D eigenvalue weighted by molar-refractivity contribution is 7.44. The highest BCUT2D eigenvalue weighted by Crippen LogP contribution is 2.29. The smallest absolute Gasteiger partial charge is 0.173 e. The highest BCUT2D eigenvalue weighted by Gasteiger charge is 2.09. The molecule has 2 aromatic carbocycles. The Kier molecular flexibility index (Phi) is 8.47. The fourth-order valence-electron chi connectivity index (χ4n) is 3.76. The maximum absolute atomic E-state index is 9.15. The van der Waals surface area contributed by atoms with Crippen molar-refractivity contribution < 1.29 is 28.7 Å². The summed E-state index contributed by atoms with van der Waals surface area (Å²) in [5, 5.41) is 0. The molecular weight excluding hydrogens is 466 g/mol. The van der Waals surface area contributed by atoms with Gasteiger partial charge in [-0.3, -0.25) is 0 Å². The first-order chi connectivity index (χ1) is 16.4. The number of hydrogen-bond donors (Lipinski definition) is 4. The number of hydrogen-bond acceptors (Lipinski definition) is 4. The molecule has 6 nitrogen and oxygen atoms in total. The van der Waals surface area contributed by atoms with E-state index in [0.29, 0.717) is 12.3 Å². The zero-order valence-corrected chi connectivity index (χ0v) is 20.4. The lowest BCUT2D eigenvalue weighted by Crippen LogP contribution is -2.33. The van der Waals surface area contributed by atoms with Gasteiger partial charge in [-0.15, -0.1) is 0 Å². The molecule has 0 saturated heterocycles. The lowest BCUT2D eigenvalue weighted by molar-refractivity contribution is -0.688. The maximum atomic E-state index is 9.15. The van der Waals surface area contributed by atoms with Gasteiger partial charge in [-0.2, -0.15) is 0 Å². The molecule has 2 heterocycles. The molecule has 2 aromatic heterocycles. The van der Waals surface area contributed by atoms with Crippen molar-refractivity contribution in [2.45, 2.75) is 25.4 Å². The Morgan fingerprint density at radius 2 is 0.735 bits per heavy atom. The van der Waals surface area contributed by atoms with Crippen LogP contribution in [0.4, 0.5) is 0 Å². The van der Waals surface area contributed by atoms with Crippen LogP contribution in [0.3, 0.4) is 0 Å². The summed E-state index contributed by atoms with van der Waals surface area (Å²) in [5.41, 5.74) is 6.47. The van der Waals surface area contributed by atoms with Gasteiger partial charge in [0.25, 0.3) is 0 Å². The molecule has 0 aliphatic heterocycles. The Labute approximate surface area is 201 Å². The summed E-state index contributed by atoms with van der Waals surface area (Å²) < 4.78 is 4.24. The van der Waals surface area contributed by atoms with E-state index in [9.17, 15) is 0 Å². The largest absolute Gasteiger partial charge is 0.350 e. The van der Waals surface area contributed by atoms with Crippen LogP contribution in [0, 0.1) is 0 Å². The van der Waals surface area contributed by atoms with Crippen molar-refractivity contribution in [1.82, 2.24) is 0 Å². The van der Waals surface area contributed by atoms with Gasteiger partial charge in [0.2, 0.25) is 0 Å². The third-order valence-electron chi connectivity index (χ3n) is 5.54. The van der Waals surface area contributed by atoms with Gasteiger partial charge in [-0.05, 0) is 22.3 Å². The van der Waals surface area contributed by atoms with Gasteiger partial charge in [0.1, 0.15) is 0 Å². The topological polar surface area (TPSA) is 88.7 Å². The molecule has 34 heavy (non-hydrogen) atoms. The third kappa shape index (κ3) is 7.22. The van der Waals surface area contributed by atoms with Crippen molar-refractivity contribution in [1.29, 1.82) is 0 Å². The van der Waals surface area contributed by atoms with E-state index in [1.165, 1.54) is 0 Å². The van der Waals surface area contributed by atoms with E-state index in [2.05, 4.69) is 58.2 Å². The van der Waals surface area contributed by atoms with Gasteiger partial charge in [0.15, 0.2) is 54.6 Å². The first-order valence-corrected chi connectivity index (χ1v) is 13.8. The molecular formula is C26H28N2O4P2+2. The van der Waals surface area contributed by atoms with Crippen molar-refractivity contribution in [3.63, 3.8) is 0 Å². The molecule has 0 aliphatic rings. The molecule has 4 aromatic rings. The first-order valence-electron chi connectivity index (χ1n) is 10.9. The van der Waals surface area contributed by atoms with Crippen molar-refractivity contribution in [3.05, 3.63) is 120 Å². The normalized spacial score (nSPS) is 11.4. The monoisotopic (exact) mass is 494 g/mol. The predicted octanol–water partition coefficient (Wildman–Crippen LogP) is 3.62. The van der Waals surface area contributed by atoms with E-state index in [4.69, 9.17) is 19.6 Å². The summed E-state index contributed by atoms with van der Waals surface area (Å²) in [7, 11) is -3.80. The zero-order valence-electron chi connectivity index (χ0n) is 18.6. The van der Waals surface area contributed by atoms with E-state index in [-0.39, 0.29) is 0 Å². The van der Waals surface area contributed by atoms with Crippen molar-refractivity contribution >= 4 is 16.8 Å². The summed E-state index contributed by atoms with van der Waals surface area (Å²) in [6.07, 6.45) is 8.87. The average molecular weight is 494 g/mol. The van der Waals surface area contributed by atoms with Gasteiger partial charge in [-0.25, -0.2) is 9.13 Å². The molecule has 0 fully saturated rings. The second kappa shape index (κ2) is 11.7. The van der Waals surface area contributed by atoms with Gasteiger partial charge >= 0.3 is 0 Å². The van der Waals surface area contributed by atoms with Crippen LogP contribution in [0.1, 0.15) is 22.3 Å². The number of rotatable bonds is 9. The SMILES string of the molecule is OP(O)Cc1ccc(C[n+]2ccc(-c3cc[n+](Cc4ccc(CP(O)O)cc4)cc3)cc2)cc1. The molecule has 0 spiro atoms. The molecule has 0 radical (unpaired) electrons. The van der Waals surface area contributed by atoms with Gasteiger partial charge in [0.05, 0.1) is 0 Å². The fourth-order valence-corrected chi connectivity index (χ4v) is 4.83. The van der Waals surface area contributed by atoms with Gasteiger partial charge in [0, 0.05) is 47.7 Å². The Morgan fingerprint density at radius 3 is 1.03 bits per heavy atom. The molecule has 0 unspecified atom stereocenters. The highest BCUT2D eigenvalue weighted by atomic mass is 31.2. The van der Waals surface area contributed by atoms with E-state index >= 15 is 0 Å². The fraction of sp³-hybridized carbons (Fsp3) is 0.154. The Hall–Kier alpha value is -2.56. The van der Waals surface area contributed by atoms with Crippen molar-refractivity contribution in [3.8, 4) is 11.1 Å². The van der Waals surface area contributed by atoms with Crippen molar-refractivity contribution in [2.75, 3.05) is 0 Å². The molecule has 4 N–H and O–H groups in total. The summed E-state index contributed by atoms with van der Waals surface area (Å²) >= 11 is 0. The zero-order chi connectivity index (χ0) is 23.9. The maximum Gasteiger partial charge on any atom is 0.173 e. The van der Waals surface area contributed by atoms with E-state index in [1.54, 1.807) is 0 Å². The minimum atomic E-state index is -1.90. The molecule has 0 saturated carbocycles. The van der Waals surface area contributed by atoms with E-state index in [0.717, 1.165) is 46.5 Å². The Bertz CT molecular complexity index is 1080. The minimum Gasteiger partial charge on any atom is -0.350 e. The van der Waals surface area contributed by atoms with E-state index < -0.39 is 16.8 Å². The van der Waals surface area contributed by atoms with Crippen LogP contribution >= 0.6 is 16.8 Å². The second-order valence-corrected chi connectivity index (χ2v) is 10.3. The van der Waals surface area contributed by atoms with Crippen LogP contribution in [0.25, 0.3) is 11.1 Å². The van der Waals surface area contributed by atoms with Crippen LogP contribution in [-0.4, -0.2) is 19.6 Å². The van der Waals surface area contributed by atoms with E-state index in [1.807, 2.05) is 48.5 Å². The standard InChI is InChI=1S/C26H28N2O4P2/c29-33(30)19-23-5-1-21(2-6-23)17-27-13-9-25(10-14-27)26-11-15-28(16-12-26)18-22-3-7-24(8-4-22)20-34(31)32/h1-16,29-32H,17-20H2/q+2. The third-order valence-corrected chi connectivity index (χ3v) is 6.84. The van der Waals surface area contributed by atoms with Gasteiger partial charge < -0.3 is 19.6 Å². The number of nitrogens with zero attached hydrogens (tertiary/aromatic N) is 2. The first kappa shape index (κ1) is 24.6. The molecule has 0 atom stereocenters. The molecule has 174 valence electrons. The molecule has 4 rings (SSSR count). The van der Waals surface area contributed by atoms with Crippen LogP contribution in [0.5, 0.6) is 0 Å². The van der Waals surface area contributed by atoms with Crippen LogP contribution in [0.2, 0.25) is 0 Å². The summed E-state index contributed by atoms with van der Waals surface area (Å²) in [4.78, 5) is 36.6. The predicted molar refractivity (Wildman–Crippen MR) is 133 cm³/mol. The summed E-state index contributed by atoms with van der Waals surface area (Å²) in [5.74, 6) is 0. The number of aromatic nitrogens is 2. The molecule has 0 amide bonds. The minimum absolute atomic E-state index is 0.303. The number of pyridine rings is 2. The Morgan fingerprint density at radius 1 is 0.441 bits per heavy atom. The molecule has 8 heteroatoms. The summed E-state index contributed by atoms with van der Waals surface area (Å²) in [6.45, 7) is 1.50. The van der Waals surface area contributed by atoms with Crippen molar-refractivity contribution in [2.24, 2.45) is 0 Å². The second-order valence-electron chi connectivity index (χ2n) is 8.21. The summed E-state index contributed by atoms with van der Waals surface area (Å²) in [6, 6.07) is 24.3. The van der Waals surface area contributed by atoms with Crippen LogP contribution in [0.15, 0.2) is 97.6 Å². The quantitative estimate of drug-likeness (QED) is 0.212. The van der Waals surface area contributed by atoms with Crippen LogP contribution < -0.4 is 9.13 Å².